The molecular weight excluding hydrogens is 228 g/mol. The highest BCUT2D eigenvalue weighted by Crippen LogP contribution is 2.06. The molecule has 0 aromatic heterocycles. The Morgan fingerprint density at radius 2 is 1.65 bits per heavy atom. The van der Waals surface area contributed by atoms with Gasteiger partial charge in [-0.25, -0.2) is 0 Å². The van der Waals surface area contributed by atoms with Gasteiger partial charge in [0.05, 0.1) is 0 Å². The van der Waals surface area contributed by atoms with E-state index in [4.69, 9.17) is 15.9 Å². The molecule has 98 valence electrons. The van der Waals surface area contributed by atoms with Crippen LogP contribution >= 0.6 is 0 Å². The maximum atomic E-state index is 11.6. The minimum absolute atomic E-state index is 0.110. The van der Waals surface area contributed by atoms with Crippen LogP contribution in [0.2, 0.25) is 0 Å². The van der Waals surface area contributed by atoms with Crippen molar-refractivity contribution in [3.8, 4) is 0 Å². The Kier molecular flexibility index (Phi) is 6.88. The highest BCUT2D eigenvalue weighted by Gasteiger charge is 2.19. The monoisotopic (exact) mass is 246 g/mol. The molecule has 0 aromatic rings. The summed E-state index contributed by atoms with van der Waals surface area (Å²) < 4.78 is 0. The topological polar surface area (TPSA) is 121 Å². The third-order valence-electron chi connectivity index (χ3n) is 2.26. The lowest BCUT2D eigenvalue weighted by Crippen LogP contribution is -2.39. The van der Waals surface area contributed by atoms with E-state index in [2.05, 4.69) is 0 Å². The van der Waals surface area contributed by atoms with Gasteiger partial charge in [0.2, 0.25) is 5.91 Å². The average molecular weight is 246 g/mol. The van der Waals surface area contributed by atoms with Gasteiger partial charge >= 0.3 is 11.9 Å². The number of nitrogens with two attached hydrogens (primary N) is 1. The summed E-state index contributed by atoms with van der Waals surface area (Å²) in [7, 11) is 0. The summed E-state index contributed by atoms with van der Waals surface area (Å²) in [6.45, 7) is 1.11. The van der Waals surface area contributed by atoms with Gasteiger partial charge in [-0.15, -0.1) is 0 Å². The molecule has 7 heteroatoms. The van der Waals surface area contributed by atoms with E-state index in [9.17, 15) is 14.4 Å². The molecule has 1 amide bonds. The Morgan fingerprint density at radius 3 is 2.00 bits per heavy atom. The summed E-state index contributed by atoms with van der Waals surface area (Å²) in [4.78, 5) is 33.4. The minimum Gasteiger partial charge on any atom is -0.480 e. The van der Waals surface area contributed by atoms with Crippen LogP contribution in [0.15, 0.2) is 0 Å². The van der Waals surface area contributed by atoms with Crippen molar-refractivity contribution in [2.45, 2.75) is 19.8 Å². The second kappa shape index (κ2) is 7.61. The van der Waals surface area contributed by atoms with Gasteiger partial charge in [0.15, 0.2) is 0 Å². The van der Waals surface area contributed by atoms with E-state index in [-0.39, 0.29) is 12.3 Å². The zero-order chi connectivity index (χ0) is 13.4. The van der Waals surface area contributed by atoms with Crippen molar-refractivity contribution in [2.24, 2.45) is 11.7 Å². The maximum absolute atomic E-state index is 11.6. The van der Waals surface area contributed by atoms with Gasteiger partial charge in [0.1, 0.15) is 13.1 Å². The summed E-state index contributed by atoms with van der Waals surface area (Å²) in [6.07, 6.45) is 0.629. The minimum atomic E-state index is -1.23. The van der Waals surface area contributed by atoms with Crippen LogP contribution < -0.4 is 5.73 Å². The molecule has 0 fully saturated rings. The number of hydrogen-bond acceptors (Lipinski definition) is 4. The first-order valence-corrected chi connectivity index (χ1v) is 5.28. The summed E-state index contributed by atoms with van der Waals surface area (Å²) in [6, 6.07) is 0. The number of carboxylic acid groups (broad SMARTS) is 2. The summed E-state index contributed by atoms with van der Waals surface area (Å²) in [5.41, 5.74) is 5.38. The fraction of sp³-hybridized carbons (Fsp3) is 0.700. The summed E-state index contributed by atoms with van der Waals surface area (Å²) in [5.74, 6) is -2.79. The van der Waals surface area contributed by atoms with Gasteiger partial charge in [-0.1, -0.05) is 6.92 Å². The number of hydrogen-bond donors (Lipinski definition) is 3. The molecule has 0 radical (unpaired) electrons. The molecule has 17 heavy (non-hydrogen) atoms. The molecule has 0 spiro atoms. The van der Waals surface area contributed by atoms with Crippen LogP contribution in [0.1, 0.15) is 19.8 Å². The maximum Gasteiger partial charge on any atom is 0.323 e. The van der Waals surface area contributed by atoms with E-state index < -0.39 is 30.9 Å². The molecule has 0 heterocycles. The zero-order valence-corrected chi connectivity index (χ0v) is 9.76. The second-order valence-corrected chi connectivity index (χ2v) is 3.92. The van der Waals surface area contributed by atoms with Crippen LogP contribution in [0.3, 0.4) is 0 Å². The number of carboxylic acids is 2. The zero-order valence-electron chi connectivity index (χ0n) is 9.76. The highest BCUT2D eigenvalue weighted by molar-refractivity contribution is 5.85. The third kappa shape index (κ3) is 7.29. The molecule has 4 N–H and O–H groups in total. The van der Waals surface area contributed by atoms with Crippen molar-refractivity contribution in [2.75, 3.05) is 19.6 Å². The molecule has 0 aliphatic rings. The lowest BCUT2D eigenvalue weighted by Gasteiger charge is -2.19. The van der Waals surface area contributed by atoms with Crippen molar-refractivity contribution in [3.05, 3.63) is 0 Å². The smallest absolute Gasteiger partial charge is 0.323 e. The van der Waals surface area contributed by atoms with Gasteiger partial charge in [0, 0.05) is 6.42 Å². The molecule has 0 saturated heterocycles. The molecule has 0 rings (SSSR count). The van der Waals surface area contributed by atoms with Crippen molar-refractivity contribution >= 4 is 17.8 Å². The lowest BCUT2D eigenvalue weighted by molar-refractivity contribution is -0.149. The first-order chi connectivity index (χ1) is 7.86. The Labute approximate surface area is 99.2 Å². The predicted molar refractivity (Wildman–Crippen MR) is 59.3 cm³/mol. The highest BCUT2D eigenvalue weighted by atomic mass is 16.4. The molecule has 0 saturated carbocycles. The fourth-order valence-electron chi connectivity index (χ4n) is 1.20. The summed E-state index contributed by atoms with van der Waals surface area (Å²) in [5, 5.41) is 17.1. The standard InChI is InChI=1S/C10H18N2O5/c1-7(4-11)2-3-8(13)12(5-9(14)15)6-10(16)17/h7H,2-6,11H2,1H3,(H,14,15)(H,16,17). The third-order valence-corrected chi connectivity index (χ3v) is 2.26. The van der Waals surface area contributed by atoms with Crippen molar-refractivity contribution in [1.82, 2.24) is 4.90 Å². The van der Waals surface area contributed by atoms with Gasteiger partial charge in [-0.3, -0.25) is 14.4 Å². The lowest BCUT2D eigenvalue weighted by atomic mass is 10.1. The Morgan fingerprint density at radius 1 is 1.18 bits per heavy atom. The average Bonchev–Trinajstić information content (AvgIpc) is 2.23. The van der Waals surface area contributed by atoms with E-state index in [1.54, 1.807) is 0 Å². The Bertz CT molecular complexity index is 276. The van der Waals surface area contributed by atoms with Gasteiger partial charge in [0.25, 0.3) is 0 Å². The Hall–Kier alpha value is -1.63. The number of carbonyl (C=O) groups excluding carboxylic acids is 1. The van der Waals surface area contributed by atoms with Crippen LogP contribution in [0.4, 0.5) is 0 Å². The normalized spacial score (nSPS) is 11.9. The number of aliphatic carboxylic acids is 2. The number of rotatable bonds is 8. The van der Waals surface area contributed by atoms with Gasteiger partial charge in [-0.05, 0) is 18.9 Å². The number of carbonyl (C=O) groups is 3. The molecule has 0 bridgehead atoms. The molecule has 1 atom stereocenters. The van der Waals surface area contributed by atoms with Gasteiger partial charge < -0.3 is 20.8 Å². The largest absolute Gasteiger partial charge is 0.480 e. The molecule has 0 aliphatic carbocycles. The Balaban J connectivity index is 4.31. The number of amides is 1. The second-order valence-electron chi connectivity index (χ2n) is 3.92. The van der Waals surface area contributed by atoms with Crippen molar-refractivity contribution < 1.29 is 24.6 Å². The molecule has 0 aliphatic heterocycles. The van der Waals surface area contributed by atoms with Crippen LogP contribution in [-0.4, -0.2) is 52.6 Å². The molecule has 1 unspecified atom stereocenters. The van der Waals surface area contributed by atoms with E-state index in [0.29, 0.717) is 13.0 Å². The molecular formula is C10H18N2O5. The van der Waals surface area contributed by atoms with Crippen LogP contribution in [0.5, 0.6) is 0 Å². The van der Waals surface area contributed by atoms with E-state index in [1.165, 1.54) is 0 Å². The number of nitrogens with zero attached hydrogens (tertiary/aromatic N) is 1. The molecule has 7 nitrogen and oxygen atoms in total. The van der Waals surface area contributed by atoms with Crippen LogP contribution in [0, 0.1) is 5.92 Å². The van der Waals surface area contributed by atoms with Crippen molar-refractivity contribution in [1.29, 1.82) is 0 Å². The predicted octanol–water partition coefficient (Wildman–Crippen LogP) is -0.641. The first-order valence-electron chi connectivity index (χ1n) is 5.28. The fourth-order valence-corrected chi connectivity index (χ4v) is 1.20. The SMILES string of the molecule is CC(CN)CCC(=O)N(CC(=O)O)CC(=O)O. The van der Waals surface area contributed by atoms with Crippen LogP contribution in [-0.2, 0) is 14.4 Å². The summed E-state index contributed by atoms with van der Waals surface area (Å²) >= 11 is 0. The van der Waals surface area contributed by atoms with E-state index >= 15 is 0 Å². The first kappa shape index (κ1) is 15.4. The van der Waals surface area contributed by atoms with E-state index in [1.807, 2.05) is 6.92 Å². The van der Waals surface area contributed by atoms with Crippen LogP contribution in [0.25, 0.3) is 0 Å². The quantitative estimate of drug-likeness (QED) is 0.523. The van der Waals surface area contributed by atoms with E-state index in [0.717, 1.165) is 4.90 Å². The van der Waals surface area contributed by atoms with Gasteiger partial charge in [-0.2, -0.15) is 0 Å². The van der Waals surface area contributed by atoms with Crippen molar-refractivity contribution in [3.63, 3.8) is 0 Å². The molecule has 0 aromatic carbocycles.